The van der Waals surface area contributed by atoms with E-state index in [4.69, 9.17) is 0 Å². The summed E-state index contributed by atoms with van der Waals surface area (Å²) in [5.74, 6) is 0. The van der Waals surface area contributed by atoms with Gasteiger partial charge in [0.25, 0.3) is 0 Å². The summed E-state index contributed by atoms with van der Waals surface area (Å²) in [7, 11) is 2.20. The fourth-order valence-electron chi connectivity index (χ4n) is 2.83. The first-order valence-electron chi connectivity index (χ1n) is 6.35. The number of rotatable bonds is 1. The lowest BCUT2D eigenvalue weighted by Gasteiger charge is -2.26. The molecular weight excluding hydrogens is 202 g/mol. The molecule has 4 nitrogen and oxygen atoms in total. The molecule has 0 aromatic rings. The van der Waals surface area contributed by atoms with Crippen molar-refractivity contribution in [2.24, 2.45) is 0 Å². The van der Waals surface area contributed by atoms with Crippen LogP contribution in [0.15, 0.2) is 0 Å². The molecule has 0 aliphatic carbocycles. The summed E-state index contributed by atoms with van der Waals surface area (Å²) in [6, 6.07) is 1.61. The lowest BCUT2D eigenvalue weighted by Crippen LogP contribution is -2.46. The van der Waals surface area contributed by atoms with Crippen LogP contribution in [-0.2, 0) is 0 Å². The van der Waals surface area contributed by atoms with Crippen LogP contribution in [0.3, 0.4) is 0 Å². The Bertz CT molecular complexity index is 267. The highest BCUT2D eigenvalue weighted by Crippen LogP contribution is 2.28. The number of likely N-dealkylation sites (N-methyl/N-ethyl adjacent to an activating group) is 1. The van der Waals surface area contributed by atoms with Crippen LogP contribution in [0, 0.1) is 0 Å². The zero-order valence-corrected chi connectivity index (χ0v) is 10.6. The van der Waals surface area contributed by atoms with Crippen molar-refractivity contribution in [3.8, 4) is 0 Å². The van der Waals surface area contributed by atoms with Crippen LogP contribution in [0.1, 0.15) is 33.1 Å². The first kappa shape index (κ1) is 11.7. The summed E-state index contributed by atoms with van der Waals surface area (Å²) in [5, 5.41) is 2.98. The summed E-state index contributed by atoms with van der Waals surface area (Å²) < 4.78 is 0. The van der Waals surface area contributed by atoms with Crippen LogP contribution in [0.2, 0.25) is 0 Å². The third-order valence-corrected chi connectivity index (χ3v) is 3.85. The quantitative estimate of drug-likeness (QED) is 0.729. The first-order valence-corrected chi connectivity index (χ1v) is 6.35. The highest BCUT2D eigenvalue weighted by molar-refractivity contribution is 5.74. The van der Waals surface area contributed by atoms with Gasteiger partial charge < -0.3 is 10.2 Å². The third kappa shape index (κ3) is 2.32. The molecule has 0 aromatic carbocycles. The van der Waals surface area contributed by atoms with Crippen LogP contribution in [0.25, 0.3) is 0 Å². The highest BCUT2D eigenvalue weighted by Gasteiger charge is 2.35. The topological polar surface area (TPSA) is 35.6 Å². The molecule has 2 atom stereocenters. The molecule has 0 spiro atoms. The van der Waals surface area contributed by atoms with Crippen LogP contribution in [0.5, 0.6) is 0 Å². The molecule has 1 N–H and O–H groups in total. The van der Waals surface area contributed by atoms with Crippen molar-refractivity contribution in [1.82, 2.24) is 15.1 Å². The largest absolute Gasteiger partial charge is 0.336 e. The summed E-state index contributed by atoms with van der Waals surface area (Å²) in [4.78, 5) is 16.4. The highest BCUT2D eigenvalue weighted by atomic mass is 16.2. The van der Waals surface area contributed by atoms with Gasteiger partial charge in [0.15, 0.2) is 0 Å². The number of amides is 2. The zero-order chi connectivity index (χ0) is 11.7. The van der Waals surface area contributed by atoms with Crippen molar-refractivity contribution >= 4 is 6.03 Å². The third-order valence-electron chi connectivity index (χ3n) is 3.85. The van der Waals surface area contributed by atoms with Crippen LogP contribution in [-0.4, -0.2) is 54.1 Å². The Balaban J connectivity index is 1.95. The van der Waals surface area contributed by atoms with Gasteiger partial charge in [-0.25, -0.2) is 4.79 Å². The molecule has 92 valence electrons. The molecule has 2 fully saturated rings. The van der Waals surface area contributed by atoms with Gasteiger partial charge in [-0.3, -0.25) is 4.90 Å². The van der Waals surface area contributed by atoms with Crippen molar-refractivity contribution in [2.75, 3.05) is 20.1 Å². The number of urea groups is 1. The predicted molar refractivity (Wildman–Crippen MR) is 64.4 cm³/mol. The Morgan fingerprint density at radius 1 is 1.25 bits per heavy atom. The monoisotopic (exact) mass is 225 g/mol. The Hall–Kier alpha value is -0.770. The van der Waals surface area contributed by atoms with Crippen molar-refractivity contribution in [1.29, 1.82) is 0 Å². The molecule has 2 heterocycles. The molecule has 4 heteroatoms. The fourth-order valence-corrected chi connectivity index (χ4v) is 2.83. The fraction of sp³-hybridized carbons (Fsp3) is 0.917. The van der Waals surface area contributed by atoms with Gasteiger partial charge in [-0.2, -0.15) is 0 Å². The number of nitrogens with zero attached hydrogens (tertiary/aromatic N) is 2. The Morgan fingerprint density at radius 2 is 1.94 bits per heavy atom. The van der Waals surface area contributed by atoms with Crippen molar-refractivity contribution in [3.05, 3.63) is 0 Å². The van der Waals surface area contributed by atoms with E-state index in [0.29, 0.717) is 12.1 Å². The molecule has 2 amide bonds. The van der Waals surface area contributed by atoms with Crippen LogP contribution >= 0.6 is 0 Å². The number of nitrogens with one attached hydrogen (secondary N) is 1. The van der Waals surface area contributed by atoms with Crippen molar-refractivity contribution in [2.45, 2.75) is 51.2 Å². The molecule has 0 radical (unpaired) electrons. The molecule has 2 saturated heterocycles. The lowest BCUT2D eigenvalue weighted by molar-refractivity contribution is 0.186. The van der Waals surface area contributed by atoms with Gasteiger partial charge in [0.05, 0.1) is 0 Å². The minimum absolute atomic E-state index is 0.107. The zero-order valence-electron chi connectivity index (χ0n) is 10.6. The maximum absolute atomic E-state index is 11.9. The van der Waals surface area contributed by atoms with E-state index in [-0.39, 0.29) is 12.1 Å². The number of carbonyl (C=O) groups excluding carboxylic acids is 1. The Kier molecular flexibility index (Phi) is 3.38. The van der Waals surface area contributed by atoms with Gasteiger partial charge in [0.1, 0.15) is 0 Å². The van der Waals surface area contributed by atoms with Crippen LogP contribution in [0.4, 0.5) is 4.79 Å². The van der Waals surface area contributed by atoms with Gasteiger partial charge in [-0.05, 0) is 40.2 Å². The van der Waals surface area contributed by atoms with E-state index in [1.165, 1.54) is 12.8 Å². The minimum Gasteiger partial charge on any atom is -0.336 e. The van der Waals surface area contributed by atoms with Crippen molar-refractivity contribution in [3.63, 3.8) is 0 Å². The number of carbonyl (C=O) groups is 1. The van der Waals surface area contributed by atoms with E-state index in [9.17, 15) is 4.79 Å². The minimum atomic E-state index is 0.107. The van der Waals surface area contributed by atoms with E-state index < -0.39 is 0 Å². The SMILES string of the molecule is CC(C)NC(=O)N1CCC2CCC(C1)N2C. The Labute approximate surface area is 98.0 Å². The van der Waals surface area contributed by atoms with Crippen molar-refractivity contribution < 1.29 is 4.79 Å². The molecule has 0 aromatic heterocycles. The average Bonchev–Trinajstić information content (AvgIpc) is 2.39. The molecule has 16 heavy (non-hydrogen) atoms. The van der Waals surface area contributed by atoms with Gasteiger partial charge in [0.2, 0.25) is 0 Å². The van der Waals surface area contributed by atoms with E-state index in [0.717, 1.165) is 19.5 Å². The number of fused-ring (bicyclic) bond motifs is 2. The summed E-state index contributed by atoms with van der Waals surface area (Å²) in [6.07, 6.45) is 3.67. The summed E-state index contributed by atoms with van der Waals surface area (Å²) in [6.45, 7) is 5.82. The standard InChI is InChI=1S/C12H23N3O/c1-9(2)13-12(16)15-7-6-10-4-5-11(8-15)14(10)3/h9-11H,4-8H2,1-3H3,(H,13,16). The number of hydrogen-bond acceptors (Lipinski definition) is 2. The number of likely N-dealkylation sites (tertiary alicyclic amines) is 1. The van der Waals surface area contributed by atoms with Gasteiger partial charge in [-0.1, -0.05) is 0 Å². The molecule has 2 aliphatic heterocycles. The molecule has 2 unspecified atom stereocenters. The maximum Gasteiger partial charge on any atom is 0.317 e. The first-order chi connectivity index (χ1) is 7.58. The van der Waals surface area contributed by atoms with Gasteiger partial charge in [0, 0.05) is 31.2 Å². The van der Waals surface area contributed by atoms with Crippen LogP contribution < -0.4 is 5.32 Å². The second-order valence-electron chi connectivity index (χ2n) is 5.39. The molecule has 2 rings (SSSR count). The second kappa shape index (κ2) is 4.62. The molecule has 2 aliphatic rings. The molecule has 0 saturated carbocycles. The average molecular weight is 225 g/mol. The molecule has 2 bridgehead atoms. The summed E-state index contributed by atoms with van der Waals surface area (Å²) in [5.41, 5.74) is 0. The smallest absolute Gasteiger partial charge is 0.317 e. The predicted octanol–water partition coefficient (Wildman–Crippen LogP) is 1.27. The second-order valence-corrected chi connectivity index (χ2v) is 5.39. The Morgan fingerprint density at radius 3 is 2.62 bits per heavy atom. The van der Waals surface area contributed by atoms with E-state index >= 15 is 0 Å². The van der Waals surface area contributed by atoms with Gasteiger partial charge >= 0.3 is 6.03 Å². The van der Waals surface area contributed by atoms with E-state index in [1.807, 2.05) is 18.7 Å². The van der Waals surface area contributed by atoms with E-state index in [2.05, 4.69) is 17.3 Å². The maximum atomic E-state index is 11.9. The molecular formula is C12H23N3O. The summed E-state index contributed by atoms with van der Waals surface area (Å²) >= 11 is 0. The normalized spacial score (nSPS) is 30.6. The lowest BCUT2D eigenvalue weighted by atomic mass is 10.1. The van der Waals surface area contributed by atoms with E-state index in [1.54, 1.807) is 0 Å². The van der Waals surface area contributed by atoms with Gasteiger partial charge in [-0.15, -0.1) is 0 Å². The number of hydrogen-bond donors (Lipinski definition) is 1.